The second-order valence-corrected chi connectivity index (χ2v) is 4.75. The van der Waals surface area contributed by atoms with Crippen LogP contribution in [-0.2, 0) is 19.4 Å². The Balaban J connectivity index is 2.13. The predicted octanol–water partition coefficient (Wildman–Crippen LogP) is 1.81. The molecule has 0 aliphatic carbocycles. The number of hydrogen-bond donors (Lipinski definition) is 0. The van der Waals surface area contributed by atoms with Crippen molar-refractivity contribution in [1.29, 1.82) is 0 Å². The van der Waals surface area contributed by atoms with Crippen molar-refractivity contribution in [2.24, 2.45) is 0 Å². The van der Waals surface area contributed by atoms with E-state index in [1.807, 2.05) is 0 Å². The van der Waals surface area contributed by atoms with Gasteiger partial charge in [0.2, 0.25) is 0 Å². The van der Waals surface area contributed by atoms with Gasteiger partial charge in [0, 0.05) is 0 Å². The summed E-state index contributed by atoms with van der Waals surface area (Å²) in [7, 11) is 0. The van der Waals surface area contributed by atoms with E-state index in [4.69, 9.17) is 0 Å². The van der Waals surface area contributed by atoms with E-state index in [0.29, 0.717) is 0 Å². The van der Waals surface area contributed by atoms with Gasteiger partial charge in [-0.05, 0) is 0 Å². The van der Waals surface area contributed by atoms with E-state index in [1.54, 1.807) is 19.4 Å². The van der Waals surface area contributed by atoms with Crippen molar-refractivity contribution in [3.8, 4) is 0 Å². The van der Waals surface area contributed by atoms with Gasteiger partial charge in [-0.15, -0.1) is 0 Å². The molecular weight excluding hydrogens is 330 g/mol. The molecule has 13 heavy (non-hydrogen) atoms. The molecule has 0 aromatic heterocycles. The molecule has 1 aliphatic rings. The quantitative estimate of drug-likeness (QED) is 0.792. The molecule has 1 aliphatic heterocycles. The molecule has 1 aromatic rings. The summed E-state index contributed by atoms with van der Waals surface area (Å²) in [6, 6.07) is 10.7. The molecule has 2 rings (SSSR count). The zero-order chi connectivity index (χ0) is 9.10. The maximum atomic E-state index is 2.52. The maximum absolute atomic E-state index is 2.52. The summed E-state index contributed by atoms with van der Waals surface area (Å²) in [5.41, 5.74) is 1.40. The standard InChI is InChI=1S/C11H13N.W/c1-2-6-11(7-3-1)10-12-8-4-5-9-12;/h1-3,6-7H,4-5,8-9H2;. The van der Waals surface area contributed by atoms with E-state index < -0.39 is 0 Å². The van der Waals surface area contributed by atoms with E-state index >= 15 is 0 Å². The molecule has 1 fully saturated rings. The van der Waals surface area contributed by atoms with E-state index in [-0.39, 0.29) is 0 Å². The zero-order valence-corrected chi connectivity index (χ0v) is 10.5. The van der Waals surface area contributed by atoms with Gasteiger partial charge in [-0.3, -0.25) is 0 Å². The number of rotatable bonds is 2. The topological polar surface area (TPSA) is 3.24 Å². The van der Waals surface area contributed by atoms with Crippen molar-refractivity contribution in [1.82, 2.24) is 4.90 Å². The van der Waals surface area contributed by atoms with E-state index in [1.165, 1.54) is 35.5 Å². The minimum absolute atomic E-state index is 1.26. The van der Waals surface area contributed by atoms with Crippen LogP contribution in [0.3, 0.4) is 0 Å². The van der Waals surface area contributed by atoms with Gasteiger partial charge in [0.25, 0.3) is 0 Å². The second-order valence-electron chi connectivity index (χ2n) is 3.37. The van der Waals surface area contributed by atoms with Gasteiger partial charge in [-0.2, -0.15) is 0 Å². The van der Waals surface area contributed by atoms with E-state index in [0.717, 1.165) is 0 Å². The fraction of sp³-hybridized carbons (Fsp3) is 0.364. The Morgan fingerprint density at radius 1 is 1.08 bits per heavy atom. The zero-order valence-electron chi connectivity index (χ0n) is 7.57. The fourth-order valence-electron chi connectivity index (χ4n) is 1.68. The van der Waals surface area contributed by atoms with Crippen molar-refractivity contribution >= 4 is 4.02 Å². The first-order chi connectivity index (χ1) is 6.38. The molecule has 1 aromatic carbocycles. The van der Waals surface area contributed by atoms with Crippen LogP contribution in [0.1, 0.15) is 18.4 Å². The van der Waals surface area contributed by atoms with Gasteiger partial charge in [0.15, 0.2) is 0 Å². The Morgan fingerprint density at radius 3 is 2.31 bits per heavy atom. The van der Waals surface area contributed by atoms with Crippen LogP contribution in [0.25, 0.3) is 0 Å². The Morgan fingerprint density at radius 2 is 1.69 bits per heavy atom. The first kappa shape index (κ1) is 9.30. The Labute approximate surface area is 90.2 Å². The molecule has 1 heterocycles. The van der Waals surface area contributed by atoms with Gasteiger partial charge >= 0.3 is 90.1 Å². The van der Waals surface area contributed by atoms with E-state index in [9.17, 15) is 0 Å². The normalized spacial score (nSPS) is 17.5. The molecule has 0 atom stereocenters. The molecule has 0 saturated carbocycles. The van der Waals surface area contributed by atoms with Gasteiger partial charge in [-0.1, -0.05) is 0 Å². The first-order valence-corrected chi connectivity index (χ1v) is 6.19. The van der Waals surface area contributed by atoms with Gasteiger partial charge in [0.05, 0.1) is 0 Å². The van der Waals surface area contributed by atoms with Crippen molar-refractivity contribution in [2.75, 3.05) is 13.1 Å². The van der Waals surface area contributed by atoms with Crippen molar-refractivity contribution in [3.05, 3.63) is 35.9 Å². The van der Waals surface area contributed by atoms with Crippen LogP contribution in [0.15, 0.2) is 30.3 Å². The summed E-state index contributed by atoms with van der Waals surface area (Å²) in [6.07, 6.45) is 2.73. The first-order valence-electron chi connectivity index (χ1n) is 4.72. The summed E-state index contributed by atoms with van der Waals surface area (Å²) in [5.74, 6) is 0. The van der Waals surface area contributed by atoms with Gasteiger partial charge < -0.3 is 0 Å². The third-order valence-corrected chi connectivity index (χ3v) is 4.19. The molecule has 0 radical (unpaired) electrons. The Bertz CT molecular complexity index is 288. The predicted molar refractivity (Wildman–Crippen MR) is 51.4 cm³/mol. The summed E-state index contributed by atoms with van der Waals surface area (Å²) < 4.78 is 1.51. The van der Waals surface area contributed by atoms with E-state index in [2.05, 4.69) is 35.2 Å². The van der Waals surface area contributed by atoms with Crippen LogP contribution in [0.2, 0.25) is 0 Å². The summed E-state index contributed by atoms with van der Waals surface area (Å²) >= 11 is 1.59. The van der Waals surface area contributed by atoms with Crippen molar-refractivity contribution < 1.29 is 19.4 Å². The molecule has 1 saturated heterocycles. The second kappa shape index (κ2) is 4.30. The van der Waals surface area contributed by atoms with Crippen LogP contribution < -0.4 is 0 Å². The minimum atomic E-state index is 1.26. The molecule has 0 unspecified atom stereocenters. The molecule has 2 heteroatoms. The number of likely N-dealkylation sites (tertiary alicyclic amines) is 1. The third kappa shape index (κ3) is 2.15. The molecule has 0 bridgehead atoms. The Hall–Kier alpha value is -0.262. The van der Waals surface area contributed by atoms with Gasteiger partial charge in [0.1, 0.15) is 0 Å². The van der Waals surface area contributed by atoms with Crippen LogP contribution in [0.4, 0.5) is 0 Å². The summed E-state index contributed by atoms with van der Waals surface area (Å²) in [6.45, 7) is 2.52. The van der Waals surface area contributed by atoms with Crippen molar-refractivity contribution in [3.63, 3.8) is 0 Å². The number of hydrogen-bond acceptors (Lipinski definition) is 1. The summed E-state index contributed by atoms with van der Waals surface area (Å²) in [4.78, 5) is 2.52. The Kier molecular flexibility index (Phi) is 3.08. The molecular formula is C11H13NW. The number of benzene rings is 1. The fourth-order valence-corrected chi connectivity index (χ4v) is 2.83. The monoisotopic (exact) mass is 343 g/mol. The van der Waals surface area contributed by atoms with Crippen LogP contribution >= 0.6 is 0 Å². The molecule has 0 amide bonds. The van der Waals surface area contributed by atoms with Crippen LogP contribution in [0.5, 0.6) is 0 Å². The summed E-state index contributed by atoms with van der Waals surface area (Å²) in [5, 5.41) is 0. The molecule has 0 N–H and O–H groups in total. The molecule has 68 valence electrons. The van der Waals surface area contributed by atoms with Crippen LogP contribution in [0, 0.1) is 0 Å². The average molecular weight is 343 g/mol. The van der Waals surface area contributed by atoms with Crippen LogP contribution in [-0.4, -0.2) is 22.0 Å². The number of nitrogens with zero attached hydrogens (tertiary/aromatic N) is 1. The average Bonchev–Trinajstić information content (AvgIpc) is 2.71. The van der Waals surface area contributed by atoms with Crippen molar-refractivity contribution in [2.45, 2.75) is 12.8 Å². The molecule has 1 nitrogen and oxygen atoms in total. The van der Waals surface area contributed by atoms with Gasteiger partial charge in [-0.25, -0.2) is 0 Å². The SMILES string of the molecule is [W]=[C](c1ccccc1)N1CCCC1. The molecule has 0 spiro atoms. The third-order valence-electron chi connectivity index (χ3n) is 2.41.